The molecule has 3 heteroatoms. The van der Waals surface area contributed by atoms with Crippen molar-refractivity contribution in [2.45, 2.75) is 75.0 Å². The highest BCUT2D eigenvalue weighted by Gasteiger charge is 2.63. The highest BCUT2D eigenvalue weighted by atomic mass is 32.1. The van der Waals surface area contributed by atoms with Crippen LogP contribution in [0, 0.1) is 47.3 Å². The number of nitrogens with zero attached hydrogens (tertiary/aromatic N) is 2. The lowest BCUT2D eigenvalue weighted by Gasteiger charge is -2.61. The lowest BCUT2D eigenvalue weighted by molar-refractivity contribution is -0.0399. The summed E-state index contributed by atoms with van der Waals surface area (Å²) in [7, 11) is 0. The zero-order chi connectivity index (χ0) is 86.2. The van der Waals surface area contributed by atoms with Gasteiger partial charge in [-0.05, 0) is 330 Å². The van der Waals surface area contributed by atoms with E-state index in [-0.39, 0.29) is 10.8 Å². The highest BCUT2D eigenvalue weighted by Crippen LogP contribution is 2.72. The Morgan fingerprint density at radius 1 is 0.183 bits per heavy atom. The molecule has 19 aromatic rings. The summed E-state index contributed by atoms with van der Waals surface area (Å²) in [5, 5.41) is 2.62. The quantitative estimate of drug-likeness (QED) is 0.101. The summed E-state index contributed by atoms with van der Waals surface area (Å²) in [6, 6.07) is 164. The predicted octanol–water partition coefficient (Wildman–Crippen LogP) is 35.1. The van der Waals surface area contributed by atoms with Gasteiger partial charge in [0.1, 0.15) is 0 Å². The van der Waals surface area contributed by atoms with E-state index in [1.807, 2.05) is 11.3 Å². The number of hydrogen-bond donors (Lipinski definition) is 0. The third-order valence-electron chi connectivity index (χ3n) is 32.1. The highest BCUT2D eigenvalue weighted by molar-refractivity contribution is 7.25. The fourth-order valence-corrected chi connectivity index (χ4v) is 28.4. The predicted molar refractivity (Wildman–Crippen MR) is 551 cm³/mol. The number of thiophene rings is 1. The molecule has 0 amide bonds. The van der Waals surface area contributed by atoms with Crippen LogP contribution in [0.3, 0.4) is 0 Å². The topological polar surface area (TPSA) is 6.48 Å². The van der Waals surface area contributed by atoms with E-state index >= 15 is 0 Å². The van der Waals surface area contributed by atoms with Gasteiger partial charge in [-0.1, -0.05) is 352 Å². The number of hydrogen-bond acceptors (Lipinski definition) is 3. The van der Waals surface area contributed by atoms with Gasteiger partial charge in [0.15, 0.2) is 0 Å². The van der Waals surface area contributed by atoms with E-state index in [0.29, 0.717) is 0 Å². The van der Waals surface area contributed by atoms with Crippen molar-refractivity contribution in [1.82, 2.24) is 0 Å². The normalized spacial score (nSPS) is 21.0. The van der Waals surface area contributed by atoms with Crippen LogP contribution in [-0.2, 0) is 10.8 Å². The van der Waals surface area contributed by atoms with Crippen molar-refractivity contribution in [2.24, 2.45) is 47.3 Å². The van der Waals surface area contributed by atoms with Gasteiger partial charge in [0, 0.05) is 64.9 Å². The van der Waals surface area contributed by atoms with Crippen LogP contribution < -0.4 is 9.80 Å². The van der Waals surface area contributed by atoms with Crippen molar-refractivity contribution >= 4 is 65.6 Å². The van der Waals surface area contributed by atoms with E-state index in [2.05, 4.69) is 447 Å². The Hall–Kier alpha value is -14.2. The van der Waals surface area contributed by atoms with E-state index < -0.39 is 0 Å². The van der Waals surface area contributed by atoms with Crippen LogP contribution in [0.15, 0.2) is 437 Å². The number of benzene rings is 18. The van der Waals surface area contributed by atoms with Crippen molar-refractivity contribution in [1.29, 1.82) is 0 Å². The number of rotatable bonds is 15. The monoisotopic (exact) mass is 1700 g/mol. The molecule has 0 saturated heterocycles. The zero-order valence-electron chi connectivity index (χ0n) is 73.6. The largest absolute Gasteiger partial charge is 0.310 e. The lowest BCUT2D eigenvalue weighted by atomic mass is 9.43. The minimum Gasteiger partial charge on any atom is -0.310 e. The first-order chi connectivity index (χ1) is 64.9. The molecule has 18 aromatic carbocycles. The molecule has 8 fully saturated rings. The Morgan fingerprint density at radius 2 is 0.519 bits per heavy atom. The van der Waals surface area contributed by atoms with Crippen molar-refractivity contribution in [3.05, 3.63) is 459 Å². The zero-order valence-corrected chi connectivity index (χ0v) is 74.4. The molecule has 29 rings (SSSR count). The maximum absolute atomic E-state index is 2.58. The molecular formula is C128H100N2S. The molecule has 8 bridgehead atoms. The molecule has 2 spiro atoms. The summed E-state index contributed by atoms with van der Waals surface area (Å²) < 4.78 is 2.60. The first-order valence-corrected chi connectivity index (χ1v) is 48.7. The second kappa shape index (κ2) is 31.9. The molecule has 10 aliphatic rings. The number of anilines is 6. The molecule has 0 unspecified atom stereocenters. The molecule has 0 atom stereocenters. The van der Waals surface area contributed by atoms with E-state index in [1.54, 1.807) is 22.3 Å². The van der Waals surface area contributed by atoms with Crippen molar-refractivity contribution in [2.75, 3.05) is 9.80 Å². The Balaban J connectivity index is 0.000000138. The third-order valence-corrected chi connectivity index (χ3v) is 33.3. The molecule has 10 aliphatic carbocycles. The van der Waals surface area contributed by atoms with Gasteiger partial charge in [-0.3, -0.25) is 0 Å². The summed E-state index contributed by atoms with van der Waals surface area (Å²) in [4.78, 5) is 5.00. The summed E-state index contributed by atoms with van der Waals surface area (Å²) in [5.41, 5.74) is 41.3. The van der Waals surface area contributed by atoms with Gasteiger partial charge in [-0.2, -0.15) is 0 Å². The SMILES string of the molecule is c1ccc(-c2ccc(N(c3ccc(-c4ccccc4)cc3)c3cc(-c4ccc5c(c4)-c4ccccc4C54C5CC6CC(C5)CC4C6)cc(-c4ccccc4)c3-c3ccccc3)cc2)cc1.c1ccc(-c2ccc(N(c3ccc4c(c3)sc3ccccc34)c3ccc(-c4ccc5c(c4)-c4ccccc4C54C5CC6CC(C5)CC4C6)c(-c4ccccc4)c3-c3ccccc3)cc2)cc1. The van der Waals surface area contributed by atoms with Crippen LogP contribution in [0.4, 0.5) is 34.1 Å². The minimum atomic E-state index is 0.143. The Bertz CT molecular complexity index is 7410. The van der Waals surface area contributed by atoms with Crippen LogP contribution >= 0.6 is 11.3 Å². The van der Waals surface area contributed by atoms with Crippen molar-refractivity contribution < 1.29 is 0 Å². The fraction of sp³-hybridized carbons (Fsp3) is 0.156. The van der Waals surface area contributed by atoms with Crippen LogP contribution in [0.5, 0.6) is 0 Å². The average molecular weight is 1700 g/mol. The maximum Gasteiger partial charge on any atom is 0.0552 e. The van der Waals surface area contributed by atoms with Crippen LogP contribution in [-0.4, -0.2) is 0 Å². The summed E-state index contributed by atoms with van der Waals surface area (Å²) in [5.74, 6) is 6.64. The summed E-state index contributed by atoms with van der Waals surface area (Å²) in [6.07, 6.45) is 14.1. The van der Waals surface area contributed by atoms with Crippen LogP contribution in [0.1, 0.15) is 86.5 Å². The molecule has 1 aromatic heterocycles. The third kappa shape index (κ3) is 12.9. The van der Waals surface area contributed by atoms with Gasteiger partial charge in [-0.25, -0.2) is 0 Å². The molecule has 0 radical (unpaired) electrons. The van der Waals surface area contributed by atoms with Gasteiger partial charge in [0.2, 0.25) is 0 Å². The van der Waals surface area contributed by atoms with Crippen molar-refractivity contribution in [3.63, 3.8) is 0 Å². The molecule has 0 N–H and O–H groups in total. The molecule has 131 heavy (non-hydrogen) atoms. The standard InChI is InChI=1S/C64H49NS.C64H51N/c1-4-14-43(15-5-1)44-24-27-50(28-25-44)65(51-29-30-55-54-21-11-13-23-60(54)66-61(55)40-51)59-33-31-52(62(45-16-6-2-7-17-45)63(59)46-18-8-3-9-19-46)47-26-32-58-56(39-47)53-20-10-12-22-57(53)64(58)48-35-41-34-42(37-48)38-49(64)36-41;1-5-15-45(16-6-1)47-25-30-55(31-26-47)65(56-32-27-48(28-33-56)46-17-7-2-8-18-46)62-42-52(41-58(49-19-9-3-10-20-49)63(62)50-21-11-4-12-22-50)51-29-34-61-59(40-51)57-23-13-14-24-60(57)64(61)53-36-43-35-44(38-53)39-54(64)37-43/h1-33,39-42,48-49H,34-38H2;1-34,40-44,53-54H,35-39H2. The summed E-state index contributed by atoms with van der Waals surface area (Å²) in [6.45, 7) is 0. The minimum absolute atomic E-state index is 0.143. The first kappa shape index (κ1) is 77.9. The Kier molecular flexibility index (Phi) is 18.9. The summed E-state index contributed by atoms with van der Waals surface area (Å²) >= 11 is 1.88. The smallest absolute Gasteiger partial charge is 0.0552 e. The van der Waals surface area contributed by atoms with E-state index in [1.165, 1.54) is 207 Å². The molecule has 628 valence electrons. The average Bonchev–Trinajstić information content (AvgIpc) is 1.58. The van der Waals surface area contributed by atoms with E-state index in [0.717, 1.165) is 81.5 Å². The van der Waals surface area contributed by atoms with Gasteiger partial charge in [0.25, 0.3) is 0 Å². The molecule has 1 heterocycles. The van der Waals surface area contributed by atoms with Gasteiger partial charge in [0.05, 0.1) is 11.4 Å². The second-order valence-electron chi connectivity index (χ2n) is 38.9. The second-order valence-corrected chi connectivity index (χ2v) is 40.0. The van der Waals surface area contributed by atoms with E-state index in [4.69, 9.17) is 0 Å². The first-order valence-electron chi connectivity index (χ1n) is 47.9. The van der Waals surface area contributed by atoms with Crippen molar-refractivity contribution in [3.8, 4) is 122 Å². The fourth-order valence-electron chi connectivity index (χ4n) is 27.2. The molecule has 0 aliphatic heterocycles. The molecule has 2 nitrogen and oxygen atoms in total. The lowest BCUT2D eigenvalue weighted by Crippen LogP contribution is -2.55. The molecular weight excluding hydrogens is 1600 g/mol. The van der Waals surface area contributed by atoms with Crippen LogP contribution in [0.2, 0.25) is 0 Å². The van der Waals surface area contributed by atoms with Gasteiger partial charge >= 0.3 is 0 Å². The maximum atomic E-state index is 2.58. The Morgan fingerprint density at radius 3 is 0.985 bits per heavy atom. The van der Waals surface area contributed by atoms with Crippen LogP contribution in [0.25, 0.3) is 143 Å². The number of fused-ring (bicyclic) bond motifs is 9. The molecule has 8 saturated carbocycles. The van der Waals surface area contributed by atoms with E-state index in [9.17, 15) is 0 Å². The van der Waals surface area contributed by atoms with Gasteiger partial charge < -0.3 is 9.80 Å². The Labute approximate surface area is 773 Å². The van der Waals surface area contributed by atoms with Gasteiger partial charge in [-0.15, -0.1) is 11.3 Å².